The number of imidazole rings is 1. The van der Waals surface area contributed by atoms with Crippen LogP contribution in [0.5, 0.6) is 0 Å². The molecule has 0 aliphatic rings. The first-order chi connectivity index (χ1) is 8.13. The van der Waals surface area contributed by atoms with E-state index in [1.165, 1.54) is 12.1 Å². The van der Waals surface area contributed by atoms with E-state index in [0.29, 0.717) is 12.0 Å². The van der Waals surface area contributed by atoms with Gasteiger partial charge in [-0.3, -0.25) is 4.40 Å². The maximum atomic E-state index is 4.56. The first-order valence-electron chi connectivity index (χ1n) is 6.27. The summed E-state index contributed by atoms with van der Waals surface area (Å²) < 4.78 is 2.19. The van der Waals surface area contributed by atoms with Gasteiger partial charge in [0.15, 0.2) is 4.96 Å². The molecule has 4 heteroatoms. The van der Waals surface area contributed by atoms with Crippen LogP contribution in [0.1, 0.15) is 38.6 Å². The van der Waals surface area contributed by atoms with Crippen molar-refractivity contribution >= 4 is 16.3 Å². The van der Waals surface area contributed by atoms with Crippen LogP contribution >= 0.6 is 11.3 Å². The summed E-state index contributed by atoms with van der Waals surface area (Å²) in [5.74, 6) is 0.672. The highest BCUT2D eigenvalue weighted by Crippen LogP contribution is 2.17. The molecule has 0 saturated heterocycles. The van der Waals surface area contributed by atoms with E-state index in [1.54, 1.807) is 11.3 Å². The van der Waals surface area contributed by atoms with Gasteiger partial charge in [-0.15, -0.1) is 11.3 Å². The van der Waals surface area contributed by atoms with Gasteiger partial charge in [0.05, 0.1) is 11.4 Å². The van der Waals surface area contributed by atoms with Crippen LogP contribution in [0.3, 0.4) is 0 Å². The summed E-state index contributed by atoms with van der Waals surface area (Å²) in [6, 6.07) is 0.582. The second kappa shape index (κ2) is 5.19. The lowest BCUT2D eigenvalue weighted by atomic mass is 10.0. The highest BCUT2D eigenvalue weighted by atomic mass is 32.1. The predicted octanol–water partition coefficient (Wildman–Crippen LogP) is 3.23. The lowest BCUT2D eigenvalue weighted by Gasteiger charge is -2.20. The van der Waals surface area contributed by atoms with Gasteiger partial charge in [0.1, 0.15) is 0 Å². The van der Waals surface area contributed by atoms with Crippen LogP contribution in [-0.4, -0.2) is 15.4 Å². The van der Waals surface area contributed by atoms with E-state index >= 15 is 0 Å². The molecule has 0 saturated carbocycles. The second-order valence-corrected chi connectivity index (χ2v) is 5.71. The number of fused-ring (bicyclic) bond motifs is 1. The monoisotopic (exact) mass is 251 g/mol. The molecule has 1 unspecified atom stereocenters. The summed E-state index contributed by atoms with van der Waals surface area (Å²) in [5.41, 5.74) is 2.43. The van der Waals surface area contributed by atoms with Gasteiger partial charge < -0.3 is 5.32 Å². The van der Waals surface area contributed by atoms with Gasteiger partial charge in [0, 0.05) is 24.2 Å². The highest BCUT2D eigenvalue weighted by molar-refractivity contribution is 7.15. The molecule has 0 bridgehead atoms. The van der Waals surface area contributed by atoms with E-state index in [1.807, 2.05) is 0 Å². The molecular formula is C13H21N3S. The van der Waals surface area contributed by atoms with Crippen molar-refractivity contribution in [2.75, 3.05) is 0 Å². The zero-order valence-corrected chi connectivity index (χ0v) is 11.8. The molecule has 2 rings (SSSR count). The summed E-state index contributed by atoms with van der Waals surface area (Å²) >= 11 is 1.69. The van der Waals surface area contributed by atoms with Crippen molar-refractivity contribution in [1.29, 1.82) is 0 Å². The lowest BCUT2D eigenvalue weighted by Crippen LogP contribution is -2.33. The fourth-order valence-corrected chi connectivity index (χ4v) is 3.01. The summed E-state index contributed by atoms with van der Waals surface area (Å²) in [6.45, 7) is 9.77. The van der Waals surface area contributed by atoms with Crippen molar-refractivity contribution < 1.29 is 0 Å². The van der Waals surface area contributed by atoms with Crippen molar-refractivity contribution in [2.45, 2.75) is 46.7 Å². The average Bonchev–Trinajstić information content (AvgIpc) is 2.81. The Morgan fingerprint density at radius 1 is 1.47 bits per heavy atom. The number of hydrogen-bond acceptors (Lipinski definition) is 3. The van der Waals surface area contributed by atoms with Gasteiger partial charge in [-0.2, -0.15) is 0 Å². The van der Waals surface area contributed by atoms with Crippen LogP contribution in [0.25, 0.3) is 4.96 Å². The van der Waals surface area contributed by atoms with Gasteiger partial charge in [0.25, 0.3) is 0 Å². The second-order valence-electron chi connectivity index (χ2n) is 4.84. The van der Waals surface area contributed by atoms with E-state index in [9.17, 15) is 0 Å². The third-order valence-corrected chi connectivity index (χ3v) is 4.09. The summed E-state index contributed by atoms with van der Waals surface area (Å²) in [6.07, 6.45) is 3.27. The van der Waals surface area contributed by atoms with Crippen LogP contribution in [0.15, 0.2) is 11.6 Å². The van der Waals surface area contributed by atoms with Crippen molar-refractivity contribution in [3.63, 3.8) is 0 Å². The van der Waals surface area contributed by atoms with Crippen molar-refractivity contribution in [3.05, 3.63) is 23.0 Å². The first kappa shape index (κ1) is 12.6. The number of aromatic nitrogens is 2. The Morgan fingerprint density at radius 2 is 2.24 bits per heavy atom. The Bertz CT molecular complexity index is 484. The number of nitrogens with zero attached hydrogens (tertiary/aromatic N) is 2. The summed E-state index contributed by atoms with van der Waals surface area (Å²) in [5, 5.41) is 5.73. The molecule has 0 aliphatic heterocycles. The predicted molar refractivity (Wildman–Crippen MR) is 73.6 cm³/mol. The molecule has 0 aromatic carbocycles. The Labute approximate surface area is 107 Å². The lowest BCUT2D eigenvalue weighted by molar-refractivity contribution is 0.385. The summed E-state index contributed by atoms with van der Waals surface area (Å²) in [4.78, 5) is 5.66. The molecule has 0 aliphatic carbocycles. The highest BCUT2D eigenvalue weighted by Gasteiger charge is 2.13. The maximum Gasteiger partial charge on any atom is 0.194 e. The Kier molecular flexibility index (Phi) is 3.84. The van der Waals surface area contributed by atoms with E-state index in [-0.39, 0.29) is 0 Å². The van der Waals surface area contributed by atoms with Crippen molar-refractivity contribution in [3.8, 4) is 0 Å². The first-order valence-corrected chi connectivity index (χ1v) is 7.15. The standard InChI is InChI=1S/C13H21N3S/c1-5-11(9(2)3)14-8-12-10(4)15-13-16(12)6-7-17-13/h6-7,9,11,14H,5,8H2,1-4H3. The molecule has 1 N–H and O–H groups in total. The number of rotatable bonds is 5. The van der Waals surface area contributed by atoms with Crippen LogP contribution in [0.4, 0.5) is 0 Å². The Hall–Kier alpha value is -0.870. The van der Waals surface area contributed by atoms with Gasteiger partial charge in [-0.05, 0) is 19.3 Å². The van der Waals surface area contributed by atoms with Crippen molar-refractivity contribution in [2.24, 2.45) is 5.92 Å². The topological polar surface area (TPSA) is 29.3 Å². The van der Waals surface area contributed by atoms with E-state index in [0.717, 1.165) is 17.2 Å². The fourth-order valence-electron chi connectivity index (χ4n) is 2.23. The maximum absolute atomic E-state index is 4.56. The average molecular weight is 251 g/mol. The number of thiazole rings is 1. The van der Waals surface area contributed by atoms with Gasteiger partial charge in [-0.25, -0.2) is 4.98 Å². The van der Waals surface area contributed by atoms with Gasteiger partial charge in [-0.1, -0.05) is 20.8 Å². The van der Waals surface area contributed by atoms with Crippen molar-refractivity contribution in [1.82, 2.24) is 14.7 Å². The number of hydrogen-bond donors (Lipinski definition) is 1. The molecule has 1 atom stereocenters. The SMILES string of the molecule is CCC(NCc1c(C)nc2sccn12)C(C)C. The van der Waals surface area contributed by atoms with E-state index < -0.39 is 0 Å². The van der Waals surface area contributed by atoms with E-state index in [2.05, 4.69) is 54.0 Å². The largest absolute Gasteiger partial charge is 0.308 e. The van der Waals surface area contributed by atoms with Gasteiger partial charge in [0.2, 0.25) is 0 Å². The van der Waals surface area contributed by atoms with Gasteiger partial charge >= 0.3 is 0 Å². The zero-order chi connectivity index (χ0) is 12.4. The minimum Gasteiger partial charge on any atom is -0.308 e. The van der Waals surface area contributed by atoms with Crippen LogP contribution in [0, 0.1) is 12.8 Å². The molecular weight excluding hydrogens is 230 g/mol. The molecule has 2 heterocycles. The molecule has 94 valence electrons. The minimum atomic E-state index is 0.582. The van der Waals surface area contributed by atoms with Crippen LogP contribution in [0.2, 0.25) is 0 Å². The fraction of sp³-hybridized carbons (Fsp3) is 0.615. The van der Waals surface area contributed by atoms with E-state index in [4.69, 9.17) is 0 Å². The smallest absolute Gasteiger partial charge is 0.194 e. The quantitative estimate of drug-likeness (QED) is 0.884. The third-order valence-electron chi connectivity index (χ3n) is 3.34. The molecule has 2 aromatic rings. The molecule has 0 radical (unpaired) electrons. The Balaban J connectivity index is 2.12. The van der Waals surface area contributed by atoms with Crippen LogP contribution in [-0.2, 0) is 6.54 Å². The molecule has 0 spiro atoms. The molecule has 2 aromatic heterocycles. The third kappa shape index (κ3) is 2.53. The molecule has 3 nitrogen and oxygen atoms in total. The molecule has 17 heavy (non-hydrogen) atoms. The van der Waals surface area contributed by atoms with Crippen LogP contribution < -0.4 is 5.32 Å². The Morgan fingerprint density at radius 3 is 2.88 bits per heavy atom. The molecule has 0 fully saturated rings. The minimum absolute atomic E-state index is 0.582. The normalized spacial score (nSPS) is 13.7. The summed E-state index contributed by atoms with van der Waals surface area (Å²) in [7, 11) is 0. The zero-order valence-electron chi connectivity index (χ0n) is 11.0. The molecule has 0 amide bonds. The number of nitrogens with one attached hydrogen (secondary N) is 1. The number of aryl methyl sites for hydroxylation is 1.